The zero-order valence-corrected chi connectivity index (χ0v) is 10.4. The molecule has 0 saturated heterocycles. The van der Waals surface area contributed by atoms with Gasteiger partial charge in [0.05, 0.1) is 14.2 Å². The van der Waals surface area contributed by atoms with Crippen molar-refractivity contribution in [3.8, 4) is 11.5 Å². The number of nitrogens with two attached hydrogens (primary N) is 1. The van der Waals surface area contributed by atoms with Gasteiger partial charge in [0.15, 0.2) is 11.5 Å². The Morgan fingerprint density at radius 3 is 2.53 bits per heavy atom. The van der Waals surface area contributed by atoms with Crippen LogP contribution >= 0.6 is 0 Å². The molecule has 1 aromatic rings. The van der Waals surface area contributed by atoms with E-state index in [1.54, 1.807) is 14.2 Å². The Morgan fingerprint density at radius 2 is 2.00 bits per heavy atom. The first-order chi connectivity index (χ1) is 8.28. The summed E-state index contributed by atoms with van der Waals surface area (Å²) in [5.74, 6) is 7.94. The van der Waals surface area contributed by atoms with Crippen LogP contribution in [0.4, 0.5) is 0 Å². The minimum atomic E-state index is 0.197. The van der Waals surface area contributed by atoms with Crippen molar-refractivity contribution < 1.29 is 9.47 Å². The summed E-state index contributed by atoms with van der Waals surface area (Å²) in [5.41, 5.74) is 4.03. The molecule has 0 radical (unpaired) electrons. The Morgan fingerprint density at radius 1 is 1.29 bits per heavy atom. The monoisotopic (exact) mass is 236 g/mol. The molecule has 0 heterocycles. The van der Waals surface area contributed by atoms with E-state index in [0.29, 0.717) is 0 Å². The lowest BCUT2D eigenvalue weighted by atomic mass is 10.0. The first kappa shape index (κ1) is 12.2. The maximum Gasteiger partial charge on any atom is 0.161 e. The van der Waals surface area contributed by atoms with Gasteiger partial charge in [0.1, 0.15) is 0 Å². The van der Waals surface area contributed by atoms with Gasteiger partial charge in [0, 0.05) is 6.04 Å². The van der Waals surface area contributed by atoms with Crippen LogP contribution in [0.2, 0.25) is 0 Å². The molecule has 1 unspecified atom stereocenters. The minimum absolute atomic E-state index is 0.197. The van der Waals surface area contributed by atoms with Crippen LogP contribution in [0.25, 0.3) is 0 Å². The van der Waals surface area contributed by atoms with E-state index in [2.05, 4.69) is 5.43 Å². The van der Waals surface area contributed by atoms with Gasteiger partial charge >= 0.3 is 0 Å². The number of rotatable bonds is 6. The van der Waals surface area contributed by atoms with E-state index < -0.39 is 0 Å². The standard InChI is InChI=1S/C13H20N2O2/c1-16-12-6-5-10(8-13(12)17-2)11(15-14)7-9-3-4-9/h5-6,8-9,11,15H,3-4,7,14H2,1-2H3. The third kappa shape index (κ3) is 2.90. The molecule has 17 heavy (non-hydrogen) atoms. The van der Waals surface area contributed by atoms with Crippen LogP contribution in [0.1, 0.15) is 30.9 Å². The predicted molar refractivity (Wildman–Crippen MR) is 67.0 cm³/mol. The third-order valence-corrected chi connectivity index (χ3v) is 3.28. The number of benzene rings is 1. The lowest BCUT2D eigenvalue weighted by Crippen LogP contribution is -2.28. The Balaban J connectivity index is 2.17. The Kier molecular flexibility index (Phi) is 3.86. The van der Waals surface area contributed by atoms with E-state index >= 15 is 0 Å². The molecule has 3 N–H and O–H groups in total. The maximum absolute atomic E-state index is 5.62. The number of ether oxygens (including phenoxy) is 2. The van der Waals surface area contributed by atoms with E-state index in [9.17, 15) is 0 Å². The van der Waals surface area contributed by atoms with Crippen molar-refractivity contribution in [2.24, 2.45) is 11.8 Å². The molecule has 1 fully saturated rings. The fraction of sp³-hybridized carbons (Fsp3) is 0.538. The quantitative estimate of drug-likeness (QED) is 0.586. The molecule has 1 atom stereocenters. The third-order valence-electron chi connectivity index (χ3n) is 3.28. The Hall–Kier alpha value is -1.26. The first-order valence-corrected chi connectivity index (χ1v) is 5.96. The summed E-state index contributed by atoms with van der Waals surface area (Å²) in [7, 11) is 3.29. The van der Waals surface area contributed by atoms with E-state index in [-0.39, 0.29) is 6.04 Å². The first-order valence-electron chi connectivity index (χ1n) is 5.96. The van der Waals surface area contributed by atoms with Crippen LogP contribution in [-0.4, -0.2) is 14.2 Å². The second-order valence-corrected chi connectivity index (χ2v) is 4.51. The molecule has 0 amide bonds. The number of hydrazine groups is 1. The molecule has 0 aromatic heterocycles. The van der Waals surface area contributed by atoms with Crippen molar-refractivity contribution in [2.45, 2.75) is 25.3 Å². The highest BCUT2D eigenvalue weighted by Crippen LogP contribution is 2.39. The highest BCUT2D eigenvalue weighted by atomic mass is 16.5. The number of methoxy groups -OCH3 is 2. The van der Waals surface area contributed by atoms with Crippen molar-refractivity contribution in [2.75, 3.05) is 14.2 Å². The van der Waals surface area contributed by atoms with Crippen LogP contribution in [0.15, 0.2) is 18.2 Å². The zero-order chi connectivity index (χ0) is 12.3. The van der Waals surface area contributed by atoms with Gasteiger partial charge in [0.25, 0.3) is 0 Å². The van der Waals surface area contributed by atoms with Gasteiger partial charge < -0.3 is 9.47 Å². The van der Waals surface area contributed by atoms with Gasteiger partial charge in [0.2, 0.25) is 0 Å². The van der Waals surface area contributed by atoms with E-state index in [1.807, 2.05) is 18.2 Å². The van der Waals surface area contributed by atoms with Crippen LogP contribution < -0.4 is 20.7 Å². The SMILES string of the molecule is COc1ccc(C(CC2CC2)NN)cc1OC. The number of hydrogen-bond acceptors (Lipinski definition) is 4. The molecule has 0 spiro atoms. The summed E-state index contributed by atoms with van der Waals surface area (Å²) in [5, 5.41) is 0. The van der Waals surface area contributed by atoms with Crippen LogP contribution in [0.3, 0.4) is 0 Å². The maximum atomic E-state index is 5.62. The van der Waals surface area contributed by atoms with Gasteiger partial charge in [-0.1, -0.05) is 18.9 Å². The van der Waals surface area contributed by atoms with Gasteiger partial charge in [-0.25, -0.2) is 0 Å². The fourth-order valence-corrected chi connectivity index (χ4v) is 2.06. The molecule has 0 bridgehead atoms. The van der Waals surface area contributed by atoms with Gasteiger partial charge in [-0.3, -0.25) is 11.3 Å². The Bertz CT molecular complexity index is 378. The molecule has 1 saturated carbocycles. The topological polar surface area (TPSA) is 56.5 Å². The molecular formula is C13H20N2O2. The fourth-order valence-electron chi connectivity index (χ4n) is 2.06. The van der Waals surface area contributed by atoms with Crippen LogP contribution in [0, 0.1) is 5.92 Å². The second kappa shape index (κ2) is 5.38. The molecule has 4 heteroatoms. The molecule has 1 aromatic carbocycles. The molecule has 0 aliphatic heterocycles. The van der Waals surface area contributed by atoms with Crippen molar-refractivity contribution in [1.82, 2.24) is 5.43 Å². The van der Waals surface area contributed by atoms with Crippen molar-refractivity contribution in [1.29, 1.82) is 0 Å². The smallest absolute Gasteiger partial charge is 0.161 e. The normalized spacial score (nSPS) is 16.6. The number of nitrogens with one attached hydrogen (secondary N) is 1. The summed E-state index contributed by atoms with van der Waals surface area (Å²) in [6, 6.07) is 6.15. The molecule has 94 valence electrons. The van der Waals surface area contributed by atoms with Crippen LogP contribution in [-0.2, 0) is 0 Å². The van der Waals surface area contributed by atoms with E-state index in [4.69, 9.17) is 15.3 Å². The van der Waals surface area contributed by atoms with E-state index in [0.717, 1.165) is 29.4 Å². The summed E-state index contributed by atoms with van der Waals surface area (Å²) in [4.78, 5) is 0. The summed E-state index contributed by atoms with van der Waals surface area (Å²) >= 11 is 0. The second-order valence-electron chi connectivity index (χ2n) is 4.51. The molecule has 1 aliphatic carbocycles. The van der Waals surface area contributed by atoms with Crippen molar-refractivity contribution in [3.05, 3.63) is 23.8 Å². The largest absolute Gasteiger partial charge is 0.493 e. The summed E-state index contributed by atoms with van der Waals surface area (Å²) < 4.78 is 10.5. The Labute approximate surface area is 102 Å². The van der Waals surface area contributed by atoms with Crippen LogP contribution in [0.5, 0.6) is 11.5 Å². The highest BCUT2D eigenvalue weighted by molar-refractivity contribution is 5.43. The molecular weight excluding hydrogens is 216 g/mol. The lowest BCUT2D eigenvalue weighted by molar-refractivity contribution is 0.353. The van der Waals surface area contributed by atoms with Gasteiger partial charge in [-0.15, -0.1) is 0 Å². The molecule has 1 aliphatic rings. The average Bonchev–Trinajstić information content (AvgIpc) is 3.19. The number of hydrogen-bond donors (Lipinski definition) is 2. The average molecular weight is 236 g/mol. The van der Waals surface area contributed by atoms with Gasteiger partial charge in [-0.2, -0.15) is 0 Å². The molecule has 4 nitrogen and oxygen atoms in total. The van der Waals surface area contributed by atoms with E-state index in [1.165, 1.54) is 12.8 Å². The highest BCUT2D eigenvalue weighted by Gasteiger charge is 2.26. The predicted octanol–water partition coefficient (Wildman–Crippen LogP) is 2.01. The van der Waals surface area contributed by atoms with Crippen molar-refractivity contribution >= 4 is 0 Å². The lowest BCUT2D eigenvalue weighted by Gasteiger charge is -2.17. The zero-order valence-electron chi connectivity index (χ0n) is 10.4. The van der Waals surface area contributed by atoms with Crippen molar-refractivity contribution in [3.63, 3.8) is 0 Å². The minimum Gasteiger partial charge on any atom is -0.493 e. The molecule has 2 rings (SSSR count). The summed E-state index contributed by atoms with van der Waals surface area (Å²) in [6.45, 7) is 0. The van der Waals surface area contributed by atoms with Gasteiger partial charge in [-0.05, 0) is 30.0 Å². The summed E-state index contributed by atoms with van der Waals surface area (Å²) in [6.07, 6.45) is 3.74.